The van der Waals surface area contributed by atoms with Crippen LogP contribution in [-0.2, 0) is 4.79 Å². The van der Waals surface area contributed by atoms with E-state index in [9.17, 15) is 4.79 Å². The van der Waals surface area contributed by atoms with Crippen molar-refractivity contribution in [2.45, 2.75) is 52.1 Å². The Morgan fingerprint density at radius 2 is 2.11 bits per heavy atom. The van der Waals surface area contributed by atoms with Gasteiger partial charge in [-0.25, -0.2) is 4.68 Å². The lowest BCUT2D eigenvalue weighted by atomic mass is 10.2. The molecule has 0 saturated carbocycles. The maximum Gasteiger partial charge on any atom is 0.242 e. The second-order valence-corrected chi connectivity index (χ2v) is 5.33. The Balaban J connectivity index is 2.00. The highest BCUT2D eigenvalue weighted by molar-refractivity contribution is 5.93. The zero-order valence-corrected chi connectivity index (χ0v) is 12.1. The molecule has 1 aliphatic rings. The van der Waals surface area contributed by atoms with Gasteiger partial charge in [-0.1, -0.05) is 6.92 Å². The largest absolute Gasteiger partial charge is 0.310 e. The van der Waals surface area contributed by atoms with Gasteiger partial charge in [-0.2, -0.15) is 5.10 Å². The van der Waals surface area contributed by atoms with Crippen molar-refractivity contribution >= 4 is 11.7 Å². The van der Waals surface area contributed by atoms with Gasteiger partial charge in [0.1, 0.15) is 5.82 Å². The van der Waals surface area contributed by atoms with Crippen LogP contribution in [0.1, 0.15) is 46.1 Å². The van der Waals surface area contributed by atoms with Crippen molar-refractivity contribution in [3.63, 3.8) is 0 Å². The predicted octanol–water partition coefficient (Wildman–Crippen LogP) is 2.28. The minimum absolute atomic E-state index is 0.0620. The number of nitrogens with one attached hydrogen (secondary N) is 1. The second-order valence-electron chi connectivity index (χ2n) is 5.33. The third kappa shape index (κ3) is 3.15. The van der Waals surface area contributed by atoms with E-state index in [1.165, 1.54) is 12.8 Å². The van der Waals surface area contributed by atoms with Crippen LogP contribution in [-0.4, -0.2) is 39.7 Å². The third-order valence-electron chi connectivity index (χ3n) is 4.00. The van der Waals surface area contributed by atoms with Crippen molar-refractivity contribution < 1.29 is 4.79 Å². The highest BCUT2D eigenvalue weighted by Gasteiger charge is 2.24. The molecule has 1 N–H and O–H groups in total. The van der Waals surface area contributed by atoms with Crippen LogP contribution >= 0.6 is 0 Å². The van der Waals surface area contributed by atoms with Gasteiger partial charge in [0.15, 0.2) is 0 Å². The van der Waals surface area contributed by atoms with E-state index in [1.54, 1.807) is 6.20 Å². The molecule has 0 radical (unpaired) electrons. The number of carbonyl (C=O) groups is 1. The van der Waals surface area contributed by atoms with Crippen LogP contribution in [0.15, 0.2) is 12.3 Å². The minimum atomic E-state index is -0.0669. The first-order valence-electron chi connectivity index (χ1n) is 7.22. The smallest absolute Gasteiger partial charge is 0.242 e. The lowest BCUT2D eigenvalue weighted by molar-refractivity contribution is -0.120. The summed E-state index contributed by atoms with van der Waals surface area (Å²) in [6.45, 7) is 8.25. The molecule has 1 aliphatic heterocycles. The van der Waals surface area contributed by atoms with Crippen LogP contribution < -0.4 is 5.32 Å². The molecular formula is C14H24N4O. The highest BCUT2D eigenvalue weighted by Crippen LogP contribution is 2.18. The van der Waals surface area contributed by atoms with Crippen LogP contribution in [0.25, 0.3) is 0 Å². The normalized spacial score (nSPS) is 19.3. The summed E-state index contributed by atoms with van der Waals surface area (Å²) < 4.78 is 1.88. The molecular weight excluding hydrogens is 240 g/mol. The van der Waals surface area contributed by atoms with Gasteiger partial charge in [0.05, 0.1) is 18.3 Å². The van der Waals surface area contributed by atoms with Crippen molar-refractivity contribution in [3.05, 3.63) is 12.3 Å². The number of carbonyl (C=O) groups excluding carboxylic acids is 1. The molecule has 2 atom stereocenters. The first-order chi connectivity index (χ1) is 9.13. The van der Waals surface area contributed by atoms with Gasteiger partial charge in [-0.3, -0.25) is 9.69 Å². The molecule has 2 heterocycles. The third-order valence-corrected chi connectivity index (χ3v) is 4.00. The van der Waals surface area contributed by atoms with E-state index in [-0.39, 0.29) is 11.9 Å². The van der Waals surface area contributed by atoms with Crippen molar-refractivity contribution in [2.75, 3.05) is 18.4 Å². The van der Waals surface area contributed by atoms with Crippen LogP contribution in [0, 0.1) is 0 Å². The Morgan fingerprint density at radius 3 is 2.74 bits per heavy atom. The summed E-state index contributed by atoms with van der Waals surface area (Å²) in [7, 11) is 0. The van der Waals surface area contributed by atoms with Crippen molar-refractivity contribution in [1.82, 2.24) is 14.7 Å². The fourth-order valence-corrected chi connectivity index (χ4v) is 2.46. The molecule has 0 unspecified atom stereocenters. The Hall–Kier alpha value is -1.36. The molecule has 1 aromatic heterocycles. The van der Waals surface area contributed by atoms with Gasteiger partial charge >= 0.3 is 0 Å². The second kappa shape index (κ2) is 6.19. The van der Waals surface area contributed by atoms with Gasteiger partial charge in [0.25, 0.3) is 0 Å². The lowest BCUT2D eigenvalue weighted by Gasteiger charge is -2.23. The Bertz CT molecular complexity index is 423. The number of amides is 1. The summed E-state index contributed by atoms with van der Waals surface area (Å²) in [5, 5.41) is 7.29. The summed E-state index contributed by atoms with van der Waals surface area (Å²) in [6, 6.07) is 2.09. The molecule has 106 valence electrons. The summed E-state index contributed by atoms with van der Waals surface area (Å²) in [6.07, 6.45) is 5.12. The van der Waals surface area contributed by atoms with E-state index in [4.69, 9.17) is 0 Å². The van der Waals surface area contributed by atoms with Crippen molar-refractivity contribution in [2.24, 2.45) is 0 Å². The summed E-state index contributed by atoms with van der Waals surface area (Å²) in [4.78, 5) is 14.5. The van der Waals surface area contributed by atoms with Crippen molar-refractivity contribution in [3.8, 4) is 0 Å². The molecule has 0 aromatic carbocycles. The van der Waals surface area contributed by atoms with E-state index in [2.05, 4.69) is 29.2 Å². The van der Waals surface area contributed by atoms with E-state index in [0.29, 0.717) is 6.04 Å². The Kier molecular flexibility index (Phi) is 4.58. The fourth-order valence-electron chi connectivity index (χ4n) is 2.46. The van der Waals surface area contributed by atoms with Gasteiger partial charge in [-0.05, 0) is 46.2 Å². The first-order valence-corrected chi connectivity index (χ1v) is 7.22. The molecule has 0 aliphatic carbocycles. The van der Waals surface area contributed by atoms with Gasteiger partial charge < -0.3 is 5.32 Å². The minimum Gasteiger partial charge on any atom is -0.310 e. The Morgan fingerprint density at radius 1 is 1.42 bits per heavy atom. The number of likely N-dealkylation sites (tertiary alicyclic amines) is 1. The molecule has 19 heavy (non-hydrogen) atoms. The molecule has 1 saturated heterocycles. The van der Waals surface area contributed by atoms with Crippen LogP contribution in [0.5, 0.6) is 0 Å². The predicted molar refractivity (Wildman–Crippen MR) is 76.1 cm³/mol. The summed E-state index contributed by atoms with van der Waals surface area (Å²) >= 11 is 0. The zero-order chi connectivity index (χ0) is 13.8. The maximum atomic E-state index is 12.3. The quantitative estimate of drug-likeness (QED) is 0.887. The molecule has 1 aromatic rings. The topological polar surface area (TPSA) is 50.2 Å². The standard InChI is InChI=1S/C14H24N4O/c1-4-11(2)18-13(7-8-15-18)16-14(19)12(3)17-9-5-6-10-17/h7-8,11-12H,4-6,9-10H2,1-3H3,(H,16,19)/t11-,12-/m1/s1. The lowest BCUT2D eigenvalue weighted by Crippen LogP contribution is -2.40. The van der Waals surface area contributed by atoms with Crippen LogP contribution in [0.3, 0.4) is 0 Å². The Labute approximate surface area is 115 Å². The molecule has 5 heteroatoms. The van der Waals surface area contributed by atoms with Crippen LogP contribution in [0.2, 0.25) is 0 Å². The monoisotopic (exact) mass is 264 g/mol. The van der Waals surface area contributed by atoms with E-state index in [0.717, 1.165) is 25.3 Å². The SMILES string of the molecule is CC[C@@H](C)n1nccc1NC(=O)[C@@H](C)N1CCCC1. The maximum absolute atomic E-state index is 12.3. The molecule has 0 bridgehead atoms. The molecule has 0 spiro atoms. The molecule has 2 rings (SSSR count). The number of hydrogen-bond acceptors (Lipinski definition) is 3. The summed E-state index contributed by atoms with van der Waals surface area (Å²) in [5.74, 6) is 0.859. The highest BCUT2D eigenvalue weighted by atomic mass is 16.2. The van der Waals surface area contributed by atoms with E-state index in [1.807, 2.05) is 17.7 Å². The number of anilines is 1. The first kappa shape index (κ1) is 14.1. The summed E-state index contributed by atoms with van der Waals surface area (Å²) in [5.41, 5.74) is 0. The van der Waals surface area contributed by atoms with Crippen molar-refractivity contribution in [1.29, 1.82) is 0 Å². The molecule has 1 amide bonds. The number of aromatic nitrogens is 2. The van der Waals surface area contributed by atoms with E-state index >= 15 is 0 Å². The average Bonchev–Trinajstić information content (AvgIpc) is 3.07. The van der Waals surface area contributed by atoms with E-state index < -0.39 is 0 Å². The number of nitrogens with zero attached hydrogens (tertiary/aromatic N) is 3. The molecule has 1 fully saturated rings. The number of rotatable bonds is 5. The number of hydrogen-bond donors (Lipinski definition) is 1. The average molecular weight is 264 g/mol. The van der Waals surface area contributed by atoms with Gasteiger partial charge in [0, 0.05) is 6.07 Å². The van der Waals surface area contributed by atoms with Gasteiger partial charge in [-0.15, -0.1) is 0 Å². The fraction of sp³-hybridized carbons (Fsp3) is 0.714. The zero-order valence-electron chi connectivity index (χ0n) is 12.1. The van der Waals surface area contributed by atoms with Crippen LogP contribution in [0.4, 0.5) is 5.82 Å². The molecule has 5 nitrogen and oxygen atoms in total. The van der Waals surface area contributed by atoms with Gasteiger partial charge in [0.2, 0.25) is 5.91 Å².